The molecule has 0 unspecified atom stereocenters. The number of guanidine groups is 1. The minimum absolute atomic E-state index is 0.0143. The molecule has 8 heteroatoms. The van der Waals surface area contributed by atoms with Crippen LogP contribution in [0.4, 0.5) is 4.39 Å². The van der Waals surface area contributed by atoms with Crippen molar-refractivity contribution in [1.82, 2.24) is 20.0 Å². The third-order valence-electron chi connectivity index (χ3n) is 5.11. The van der Waals surface area contributed by atoms with Crippen molar-refractivity contribution < 1.29 is 13.9 Å². The van der Waals surface area contributed by atoms with Crippen LogP contribution >= 0.6 is 0 Å². The van der Waals surface area contributed by atoms with Gasteiger partial charge in [0.15, 0.2) is 5.96 Å². The van der Waals surface area contributed by atoms with E-state index in [0.717, 1.165) is 49.8 Å². The van der Waals surface area contributed by atoms with Crippen molar-refractivity contribution in [3.8, 4) is 5.69 Å². The summed E-state index contributed by atoms with van der Waals surface area (Å²) in [7, 11) is 0. The molecule has 7 nitrogen and oxygen atoms in total. The molecule has 2 heterocycles. The molecule has 1 aromatic carbocycles. The molecule has 0 radical (unpaired) electrons. The predicted octanol–water partition coefficient (Wildman–Crippen LogP) is 2.79. The van der Waals surface area contributed by atoms with Gasteiger partial charge in [-0.1, -0.05) is 0 Å². The number of carbonyl (C=O) groups excluding carboxylic acids is 1. The highest BCUT2D eigenvalue weighted by Crippen LogP contribution is 2.19. The largest absolute Gasteiger partial charge is 0.466 e. The molecule has 1 aliphatic heterocycles. The number of likely N-dealkylation sites (tertiary alicyclic amines) is 1. The minimum atomic E-state index is -0.261. The molecule has 0 spiro atoms. The van der Waals surface area contributed by atoms with Gasteiger partial charge in [-0.2, -0.15) is 5.10 Å². The van der Waals surface area contributed by atoms with E-state index in [4.69, 9.17) is 9.73 Å². The molecule has 1 fully saturated rings. The number of aromatic nitrogens is 2. The fourth-order valence-corrected chi connectivity index (χ4v) is 3.52. The Hall–Kier alpha value is -2.90. The number of esters is 1. The molecule has 162 valence electrons. The van der Waals surface area contributed by atoms with Crippen molar-refractivity contribution in [3.05, 3.63) is 48.0 Å². The Bertz CT molecular complexity index is 841. The highest BCUT2D eigenvalue weighted by molar-refractivity contribution is 5.80. The van der Waals surface area contributed by atoms with Crippen LogP contribution in [0.5, 0.6) is 0 Å². The van der Waals surface area contributed by atoms with Crippen LogP contribution in [0.25, 0.3) is 5.69 Å². The number of carbonyl (C=O) groups is 1. The summed E-state index contributed by atoms with van der Waals surface area (Å²) in [5.41, 5.74) is 1.75. The monoisotopic (exact) mass is 415 g/mol. The zero-order valence-corrected chi connectivity index (χ0v) is 17.7. The summed E-state index contributed by atoms with van der Waals surface area (Å²) < 4.78 is 20.0. The van der Waals surface area contributed by atoms with E-state index in [2.05, 4.69) is 15.3 Å². The quantitative estimate of drug-likeness (QED) is 0.428. The molecule has 0 bridgehead atoms. The molecule has 2 aromatic rings. The topological polar surface area (TPSA) is 71.8 Å². The number of rotatable bonds is 7. The number of aliphatic imine (C=N–C) groups is 1. The molecule has 0 amide bonds. The molecule has 1 aromatic heterocycles. The average Bonchev–Trinajstić information content (AvgIpc) is 3.23. The van der Waals surface area contributed by atoms with Crippen LogP contribution in [0.15, 0.2) is 41.5 Å². The van der Waals surface area contributed by atoms with E-state index in [1.807, 2.05) is 26.1 Å². The van der Waals surface area contributed by atoms with Crippen molar-refractivity contribution in [3.63, 3.8) is 0 Å². The van der Waals surface area contributed by atoms with E-state index in [-0.39, 0.29) is 17.7 Å². The van der Waals surface area contributed by atoms with Crippen molar-refractivity contribution >= 4 is 11.9 Å². The lowest BCUT2D eigenvalue weighted by Gasteiger charge is -2.33. The second-order valence-electron chi connectivity index (χ2n) is 7.23. The Kier molecular flexibility index (Phi) is 7.82. The Balaban J connectivity index is 1.54. The van der Waals surface area contributed by atoms with E-state index in [1.54, 1.807) is 16.8 Å². The second kappa shape index (κ2) is 10.8. The number of halogens is 1. The fourth-order valence-electron chi connectivity index (χ4n) is 3.52. The maximum Gasteiger partial charge on any atom is 0.309 e. The SMILES string of the molecule is CCNC(=NCCc1ccn(-c2ccc(F)cc2)n1)N1CCC(C(=O)OCC)CC1. The van der Waals surface area contributed by atoms with E-state index >= 15 is 0 Å². The lowest BCUT2D eigenvalue weighted by molar-refractivity contribution is -0.149. The first-order valence-corrected chi connectivity index (χ1v) is 10.6. The maximum absolute atomic E-state index is 13.1. The lowest BCUT2D eigenvalue weighted by Crippen LogP contribution is -2.46. The van der Waals surface area contributed by atoms with Crippen LogP contribution in [-0.2, 0) is 16.0 Å². The first-order valence-electron chi connectivity index (χ1n) is 10.6. The van der Waals surface area contributed by atoms with Gasteiger partial charge in [0, 0.05) is 38.8 Å². The van der Waals surface area contributed by atoms with Gasteiger partial charge in [0.25, 0.3) is 0 Å². The normalized spacial score (nSPS) is 15.3. The highest BCUT2D eigenvalue weighted by Gasteiger charge is 2.27. The van der Waals surface area contributed by atoms with Gasteiger partial charge >= 0.3 is 5.97 Å². The number of nitrogens with zero attached hydrogens (tertiary/aromatic N) is 4. The van der Waals surface area contributed by atoms with Crippen LogP contribution in [0, 0.1) is 11.7 Å². The number of hydrogen-bond donors (Lipinski definition) is 1. The molecular weight excluding hydrogens is 385 g/mol. The number of nitrogens with one attached hydrogen (secondary N) is 1. The van der Waals surface area contributed by atoms with Gasteiger partial charge in [0.1, 0.15) is 5.82 Å². The standard InChI is InChI=1S/C22H30FN5O2/c1-3-24-22(27-14-10-17(11-15-27)21(29)30-4-2)25-13-9-19-12-16-28(26-19)20-7-5-18(23)6-8-20/h5-8,12,16-17H,3-4,9-11,13-15H2,1-2H3,(H,24,25). The van der Waals surface area contributed by atoms with E-state index in [1.165, 1.54) is 12.1 Å². The van der Waals surface area contributed by atoms with Crippen LogP contribution < -0.4 is 5.32 Å². The van der Waals surface area contributed by atoms with Gasteiger partial charge < -0.3 is 15.0 Å². The fraction of sp³-hybridized carbons (Fsp3) is 0.500. The zero-order valence-electron chi connectivity index (χ0n) is 17.7. The molecule has 1 aliphatic rings. The van der Waals surface area contributed by atoms with E-state index in [9.17, 15) is 9.18 Å². The first kappa shape index (κ1) is 21.8. The minimum Gasteiger partial charge on any atom is -0.466 e. The number of hydrogen-bond acceptors (Lipinski definition) is 4. The number of benzene rings is 1. The molecule has 30 heavy (non-hydrogen) atoms. The van der Waals surface area contributed by atoms with Crippen molar-refractivity contribution in [1.29, 1.82) is 0 Å². The third kappa shape index (κ3) is 5.81. The average molecular weight is 416 g/mol. The van der Waals surface area contributed by atoms with Crippen molar-refractivity contribution in [2.24, 2.45) is 10.9 Å². The van der Waals surface area contributed by atoms with Crippen molar-refractivity contribution in [2.45, 2.75) is 33.1 Å². The number of ether oxygens (including phenoxy) is 1. The summed E-state index contributed by atoms with van der Waals surface area (Å²) in [6, 6.07) is 8.21. The van der Waals surface area contributed by atoms with Crippen LogP contribution in [-0.4, -0.2) is 59.4 Å². The molecule has 3 rings (SSSR count). The highest BCUT2D eigenvalue weighted by atomic mass is 19.1. The maximum atomic E-state index is 13.1. The predicted molar refractivity (Wildman–Crippen MR) is 114 cm³/mol. The Morgan fingerprint density at radius 3 is 2.63 bits per heavy atom. The molecule has 1 saturated heterocycles. The van der Waals surface area contributed by atoms with Crippen LogP contribution in [0.2, 0.25) is 0 Å². The smallest absolute Gasteiger partial charge is 0.309 e. The summed E-state index contributed by atoms with van der Waals surface area (Å²) in [5, 5.41) is 7.89. The van der Waals surface area contributed by atoms with Gasteiger partial charge in [-0.15, -0.1) is 0 Å². The lowest BCUT2D eigenvalue weighted by atomic mass is 9.97. The van der Waals surface area contributed by atoms with Crippen molar-refractivity contribution in [2.75, 3.05) is 32.8 Å². The summed E-state index contributed by atoms with van der Waals surface area (Å²) in [5.74, 6) is 0.510. The van der Waals surface area contributed by atoms with E-state index in [0.29, 0.717) is 19.6 Å². The molecular formula is C22H30FN5O2. The van der Waals surface area contributed by atoms with Crippen LogP contribution in [0.3, 0.4) is 0 Å². The summed E-state index contributed by atoms with van der Waals surface area (Å²) in [6.45, 7) is 7.29. The summed E-state index contributed by atoms with van der Waals surface area (Å²) in [6.07, 6.45) is 4.15. The molecule has 0 aliphatic carbocycles. The van der Waals surface area contributed by atoms with Gasteiger partial charge in [0.2, 0.25) is 0 Å². The zero-order chi connectivity index (χ0) is 21.3. The number of piperidine rings is 1. The van der Waals surface area contributed by atoms with Gasteiger partial charge in [-0.05, 0) is 57.0 Å². The first-order chi connectivity index (χ1) is 14.6. The molecule has 0 atom stereocenters. The summed E-state index contributed by atoms with van der Waals surface area (Å²) in [4.78, 5) is 18.9. The van der Waals surface area contributed by atoms with Crippen LogP contribution in [0.1, 0.15) is 32.4 Å². The third-order valence-corrected chi connectivity index (χ3v) is 5.11. The Morgan fingerprint density at radius 2 is 1.97 bits per heavy atom. The van der Waals surface area contributed by atoms with Gasteiger partial charge in [-0.25, -0.2) is 9.07 Å². The van der Waals surface area contributed by atoms with E-state index < -0.39 is 0 Å². The van der Waals surface area contributed by atoms with Gasteiger partial charge in [0.05, 0.1) is 23.9 Å². The Labute approximate surface area is 176 Å². The molecule has 1 N–H and O–H groups in total. The second-order valence-corrected chi connectivity index (χ2v) is 7.23. The molecule has 0 saturated carbocycles. The van der Waals surface area contributed by atoms with Gasteiger partial charge in [-0.3, -0.25) is 9.79 Å². The Morgan fingerprint density at radius 1 is 1.23 bits per heavy atom. The summed E-state index contributed by atoms with van der Waals surface area (Å²) >= 11 is 0.